The van der Waals surface area contributed by atoms with E-state index in [-0.39, 0.29) is 5.91 Å². The van der Waals surface area contributed by atoms with Crippen molar-refractivity contribution in [2.75, 3.05) is 19.6 Å². The number of nitrogens with zero attached hydrogens (tertiary/aromatic N) is 3. The van der Waals surface area contributed by atoms with E-state index in [1.54, 1.807) is 0 Å². The Hall–Kier alpha value is -3.05. The van der Waals surface area contributed by atoms with Gasteiger partial charge in [-0.15, -0.1) is 0 Å². The van der Waals surface area contributed by atoms with E-state index < -0.39 is 5.54 Å². The number of hydrogen-bond donors (Lipinski definition) is 1. The van der Waals surface area contributed by atoms with Crippen LogP contribution in [0.3, 0.4) is 0 Å². The number of fused-ring (bicyclic) bond motifs is 1. The van der Waals surface area contributed by atoms with E-state index in [9.17, 15) is 4.79 Å². The van der Waals surface area contributed by atoms with Crippen LogP contribution in [0.15, 0.2) is 65.9 Å². The molecule has 0 saturated carbocycles. The molecule has 0 unspecified atom stereocenters. The van der Waals surface area contributed by atoms with Crippen molar-refractivity contribution in [1.29, 1.82) is 0 Å². The van der Waals surface area contributed by atoms with E-state index >= 15 is 0 Å². The second kappa shape index (κ2) is 7.08. The molecule has 146 valence electrons. The Labute approximate surface area is 170 Å². The predicted octanol–water partition coefficient (Wildman–Crippen LogP) is 3.63. The lowest BCUT2D eigenvalue weighted by Crippen LogP contribution is -2.48. The van der Waals surface area contributed by atoms with E-state index in [4.69, 9.17) is 4.99 Å². The van der Waals surface area contributed by atoms with Crippen LogP contribution in [0.5, 0.6) is 0 Å². The number of aliphatic imine (C=N–C) groups is 1. The summed E-state index contributed by atoms with van der Waals surface area (Å²) in [6, 6.07) is 16.8. The molecule has 0 radical (unpaired) electrons. The average Bonchev–Trinajstić information content (AvgIpc) is 3.05. The molecule has 3 heterocycles. The van der Waals surface area contributed by atoms with Crippen molar-refractivity contribution in [3.05, 3.63) is 66.5 Å². The molecular formula is C24H24N4O. The van der Waals surface area contributed by atoms with Gasteiger partial charge in [-0.25, -0.2) is 0 Å². The topological polar surface area (TPSA) is 57.6 Å². The molecule has 1 amide bonds. The lowest BCUT2D eigenvalue weighted by molar-refractivity contribution is -0.131. The second-order valence-corrected chi connectivity index (χ2v) is 7.78. The Morgan fingerprint density at radius 3 is 2.45 bits per heavy atom. The first-order valence-corrected chi connectivity index (χ1v) is 10.3. The monoisotopic (exact) mass is 384 g/mol. The van der Waals surface area contributed by atoms with Crippen molar-refractivity contribution in [3.8, 4) is 11.1 Å². The lowest BCUT2D eigenvalue weighted by Gasteiger charge is -2.29. The number of pyridine rings is 1. The number of piperidine rings is 1. The summed E-state index contributed by atoms with van der Waals surface area (Å²) in [4.78, 5) is 24.1. The number of amides is 1. The fraction of sp³-hybridized carbons (Fsp3) is 0.292. The minimum Gasteiger partial charge on any atom is -0.317 e. The van der Waals surface area contributed by atoms with E-state index in [0.29, 0.717) is 6.54 Å². The highest BCUT2D eigenvalue weighted by molar-refractivity contribution is 6.15. The summed E-state index contributed by atoms with van der Waals surface area (Å²) >= 11 is 0. The highest BCUT2D eigenvalue weighted by Crippen LogP contribution is 2.33. The molecule has 5 nitrogen and oxygen atoms in total. The molecule has 1 saturated heterocycles. The Kier molecular flexibility index (Phi) is 4.40. The molecule has 1 N–H and O–H groups in total. The molecule has 2 aromatic carbocycles. The zero-order valence-corrected chi connectivity index (χ0v) is 16.6. The van der Waals surface area contributed by atoms with E-state index in [1.165, 1.54) is 10.9 Å². The molecule has 2 aliphatic heterocycles. The maximum absolute atomic E-state index is 13.1. The van der Waals surface area contributed by atoms with Crippen LogP contribution in [0.25, 0.3) is 21.9 Å². The standard InChI is InChI=1S/C24H24N4O/c1-2-28-22(27-24(23(28)29)10-13-25-14-11-24)18-5-3-17(4-6-18)19-7-8-21-16-26-12-9-20(21)15-19/h3-9,12,15-16,25H,2,10-11,13-14H2,1H3. The van der Waals surface area contributed by atoms with Gasteiger partial charge in [-0.1, -0.05) is 36.4 Å². The fourth-order valence-corrected chi connectivity index (χ4v) is 4.41. The Bertz CT molecular complexity index is 1100. The van der Waals surface area contributed by atoms with E-state index in [0.717, 1.165) is 48.3 Å². The van der Waals surface area contributed by atoms with Gasteiger partial charge in [-0.2, -0.15) is 0 Å². The molecule has 1 spiro atoms. The molecule has 2 aliphatic rings. The normalized spacial score (nSPS) is 18.4. The molecule has 0 bridgehead atoms. The number of carbonyl (C=O) groups is 1. The Morgan fingerprint density at radius 1 is 0.966 bits per heavy atom. The molecule has 0 aliphatic carbocycles. The van der Waals surface area contributed by atoms with Gasteiger partial charge in [0.2, 0.25) is 0 Å². The largest absolute Gasteiger partial charge is 0.317 e. The summed E-state index contributed by atoms with van der Waals surface area (Å²) in [5.41, 5.74) is 2.75. The quantitative estimate of drug-likeness (QED) is 0.750. The van der Waals surface area contributed by atoms with Gasteiger partial charge in [-0.3, -0.25) is 19.7 Å². The number of benzene rings is 2. The van der Waals surface area contributed by atoms with Crippen LogP contribution in [0.2, 0.25) is 0 Å². The molecular weight excluding hydrogens is 360 g/mol. The minimum atomic E-state index is -0.568. The molecule has 5 rings (SSSR count). The maximum Gasteiger partial charge on any atom is 0.256 e. The van der Waals surface area contributed by atoms with Crippen LogP contribution < -0.4 is 5.32 Å². The lowest BCUT2D eigenvalue weighted by atomic mass is 9.88. The number of amidine groups is 1. The van der Waals surface area contributed by atoms with Gasteiger partial charge in [0.1, 0.15) is 11.4 Å². The van der Waals surface area contributed by atoms with Crippen LogP contribution in [-0.2, 0) is 4.79 Å². The number of aromatic nitrogens is 1. The van der Waals surface area contributed by atoms with Gasteiger partial charge in [0.15, 0.2) is 0 Å². The van der Waals surface area contributed by atoms with Crippen molar-refractivity contribution in [2.24, 2.45) is 4.99 Å². The zero-order valence-electron chi connectivity index (χ0n) is 16.6. The highest BCUT2D eigenvalue weighted by Gasteiger charge is 2.48. The molecule has 1 fully saturated rings. The summed E-state index contributed by atoms with van der Waals surface area (Å²) in [5, 5.41) is 5.65. The Morgan fingerprint density at radius 2 is 1.69 bits per heavy atom. The smallest absolute Gasteiger partial charge is 0.256 e. The predicted molar refractivity (Wildman–Crippen MR) is 116 cm³/mol. The van der Waals surface area contributed by atoms with Crippen LogP contribution in [0.4, 0.5) is 0 Å². The molecule has 29 heavy (non-hydrogen) atoms. The first-order chi connectivity index (χ1) is 14.2. The maximum atomic E-state index is 13.1. The van der Waals surface area contributed by atoms with Gasteiger partial charge in [0.05, 0.1) is 0 Å². The summed E-state index contributed by atoms with van der Waals surface area (Å²) in [6.07, 6.45) is 5.25. The highest BCUT2D eigenvalue weighted by atomic mass is 16.2. The average molecular weight is 384 g/mol. The molecule has 3 aromatic rings. The van der Waals surface area contributed by atoms with Crippen LogP contribution in [-0.4, -0.2) is 46.8 Å². The van der Waals surface area contributed by atoms with Gasteiger partial charge in [0, 0.05) is 29.9 Å². The van der Waals surface area contributed by atoms with E-state index in [2.05, 4.69) is 52.8 Å². The van der Waals surface area contributed by atoms with Crippen molar-refractivity contribution < 1.29 is 4.79 Å². The summed E-state index contributed by atoms with van der Waals surface area (Å²) < 4.78 is 0. The zero-order chi connectivity index (χ0) is 19.8. The SMILES string of the molecule is CCN1C(=O)C2(CCNCC2)N=C1c1ccc(-c2ccc3cnccc3c2)cc1. The molecule has 5 heteroatoms. The minimum absolute atomic E-state index is 0.156. The van der Waals surface area contributed by atoms with Crippen LogP contribution in [0, 0.1) is 0 Å². The van der Waals surface area contributed by atoms with Crippen LogP contribution in [0.1, 0.15) is 25.3 Å². The number of carbonyl (C=O) groups excluding carboxylic acids is 1. The number of nitrogens with one attached hydrogen (secondary N) is 1. The van der Waals surface area contributed by atoms with Gasteiger partial charge >= 0.3 is 0 Å². The third-order valence-corrected chi connectivity index (χ3v) is 6.08. The molecule has 1 aromatic heterocycles. The van der Waals surface area contributed by atoms with Crippen molar-refractivity contribution >= 4 is 22.5 Å². The number of likely N-dealkylation sites (N-methyl/N-ethyl adjacent to an activating group) is 1. The number of hydrogen-bond acceptors (Lipinski definition) is 4. The summed E-state index contributed by atoms with van der Waals surface area (Å²) in [7, 11) is 0. The van der Waals surface area contributed by atoms with Gasteiger partial charge in [0.25, 0.3) is 5.91 Å². The summed E-state index contributed by atoms with van der Waals surface area (Å²) in [5.74, 6) is 0.972. The second-order valence-electron chi connectivity index (χ2n) is 7.78. The van der Waals surface area contributed by atoms with Gasteiger partial charge in [-0.05, 0) is 61.5 Å². The van der Waals surface area contributed by atoms with Crippen molar-refractivity contribution in [1.82, 2.24) is 15.2 Å². The third-order valence-electron chi connectivity index (χ3n) is 6.08. The summed E-state index contributed by atoms with van der Waals surface area (Å²) in [6.45, 7) is 4.35. The first kappa shape index (κ1) is 18.0. The van der Waals surface area contributed by atoms with Crippen LogP contribution >= 0.6 is 0 Å². The van der Waals surface area contributed by atoms with E-state index in [1.807, 2.05) is 30.3 Å². The Balaban J connectivity index is 1.48. The first-order valence-electron chi connectivity index (χ1n) is 10.3. The van der Waals surface area contributed by atoms with Crippen molar-refractivity contribution in [3.63, 3.8) is 0 Å². The third kappa shape index (κ3) is 3.02. The van der Waals surface area contributed by atoms with Gasteiger partial charge < -0.3 is 5.32 Å². The van der Waals surface area contributed by atoms with Crippen molar-refractivity contribution in [2.45, 2.75) is 25.3 Å². The molecule has 0 atom stereocenters. The fourth-order valence-electron chi connectivity index (χ4n) is 4.41. The number of rotatable bonds is 3.